The third kappa shape index (κ3) is 3.36. The molecule has 2 aromatic carbocycles. The predicted octanol–water partition coefficient (Wildman–Crippen LogP) is 0.448. The summed E-state index contributed by atoms with van der Waals surface area (Å²) in [6.45, 7) is 0. The first kappa shape index (κ1) is 16.6. The molecule has 3 rings (SSSR count). The molecule has 0 spiro atoms. The van der Waals surface area contributed by atoms with Crippen molar-refractivity contribution in [3.8, 4) is 0 Å². The lowest BCUT2D eigenvalue weighted by molar-refractivity contribution is -0.00000428. The van der Waals surface area contributed by atoms with E-state index in [-0.39, 0.29) is 17.9 Å². The Labute approximate surface area is 141 Å². The number of hydrogen-bond donors (Lipinski definition) is 0. The Morgan fingerprint density at radius 1 is 1.05 bits per heavy atom. The van der Waals surface area contributed by atoms with Crippen LogP contribution in [-0.4, -0.2) is 26.6 Å². The van der Waals surface area contributed by atoms with Gasteiger partial charge in [-0.1, -0.05) is 12.1 Å². The van der Waals surface area contributed by atoms with Crippen LogP contribution in [0.25, 0.3) is 0 Å². The summed E-state index contributed by atoms with van der Waals surface area (Å²) < 4.78 is 0. The van der Waals surface area contributed by atoms with E-state index in [1.807, 2.05) is 26.2 Å². The minimum Gasteiger partial charge on any atom is -1.00 e. The van der Waals surface area contributed by atoms with Crippen molar-refractivity contribution in [2.45, 2.75) is 10.4 Å². The van der Waals surface area contributed by atoms with Gasteiger partial charge in [-0.15, -0.1) is 10.2 Å². The number of benzene rings is 2. The number of halogens is 1. The van der Waals surface area contributed by atoms with E-state index < -0.39 is 0 Å². The van der Waals surface area contributed by atoms with Crippen molar-refractivity contribution in [2.75, 3.05) is 30.9 Å². The normalized spacial score (nSPS) is 16.5. The Balaban J connectivity index is 0.00000176. The number of rotatable bonds is 3. The van der Waals surface area contributed by atoms with E-state index >= 15 is 0 Å². The molecule has 0 saturated heterocycles. The van der Waals surface area contributed by atoms with Gasteiger partial charge in [0.25, 0.3) is 0 Å². The molecule has 1 atom stereocenters. The summed E-state index contributed by atoms with van der Waals surface area (Å²) in [6, 6.07) is 16.5. The maximum absolute atomic E-state index is 4.49. The van der Waals surface area contributed by atoms with Gasteiger partial charge in [-0.3, -0.25) is 0 Å². The van der Waals surface area contributed by atoms with Crippen LogP contribution < -0.4 is 22.2 Å². The van der Waals surface area contributed by atoms with Gasteiger partial charge in [-0.25, -0.2) is 0 Å². The molecular weight excluding hydrogens is 316 g/mol. The largest absolute Gasteiger partial charge is 1.00 e. The van der Waals surface area contributed by atoms with Crippen LogP contribution in [0.4, 0.5) is 17.1 Å². The van der Waals surface area contributed by atoms with Gasteiger partial charge in [0.05, 0.1) is 23.1 Å². The van der Waals surface area contributed by atoms with Crippen LogP contribution in [0.5, 0.6) is 0 Å². The molecule has 0 saturated carbocycles. The monoisotopic (exact) mass is 334 g/mol. The van der Waals surface area contributed by atoms with E-state index in [1.165, 1.54) is 22.3 Å². The molecule has 22 heavy (non-hydrogen) atoms. The predicted molar refractivity (Wildman–Crippen MR) is 90.9 cm³/mol. The van der Waals surface area contributed by atoms with E-state index in [9.17, 15) is 0 Å². The van der Waals surface area contributed by atoms with E-state index in [1.54, 1.807) is 0 Å². The minimum absolute atomic E-state index is 0. The summed E-state index contributed by atoms with van der Waals surface area (Å²) in [5, 5.41) is 8.87. The Kier molecular flexibility index (Phi) is 5.32. The van der Waals surface area contributed by atoms with Crippen LogP contribution in [0, 0.1) is 0 Å². The summed E-state index contributed by atoms with van der Waals surface area (Å²) in [7, 11) is 6.12. The summed E-state index contributed by atoms with van der Waals surface area (Å²) in [5.41, 5.74) is 3.36. The first-order valence-corrected chi connectivity index (χ1v) is 7.82. The molecule has 1 aliphatic heterocycles. The van der Waals surface area contributed by atoms with Crippen molar-refractivity contribution in [2.24, 2.45) is 10.2 Å². The fourth-order valence-corrected chi connectivity index (χ4v) is 3.43. The molecule has 0 aliphatic carbocycles. The lowest BCUT2D eigenvalue weighted by Crippen LogP contribution is -3.00. The molecular formula is C16H19ClN4S. The van der Waals surface area contributed by atoms with Crippen LogP contribution in [0.1, 0.15) is 0 Å². The van der Waals surface area contributed by atoms with Gasteiger partial charge in [0.2, 0.25) is 0 Å². The van der Waals surface area contributed by atoms with Crippen molar-refractivity contribution in [1.82, 2.24) is 0 Å². The van der Waals surface area contributed by atoms with Crippen LogP contribution in [0.3, 0.4) is 0 Å². The molecule has 0 aromatic heterocycles. The average molecular weight is 335 g/mol. The standard InChI is InChI=1S/C16H18N4S.ClH/c1-19(2)13-10-8-12(9-11-13)17-18-16-20(3)14-6-4-5-7-15(14)21-16;/h4-11,16H,1-3H3;1H. The number of azo groups is 1. The van der Waals surface area contributed by atoms with Crippen molar-refractivity contribution < 1.29 is 12.4 Å². The topological polar surface area (TPSA) is 31.2 Å². The van der Waals surface area contributed by atoms with E-state index in [0.717, 1.165) is 11.4 Å². The lowest BCUT2D eigenvalue weighted by atomic mass is 10.3. The van der Waals surface area contributed by atoms with E-state index in [0.29, 0.717) is 0 Å². The van der Waals surface area contributed by atoms with E-state index in [2.05, 4.69) is 63.5 Å². The van der Waals surface area contributed by atoms with E-state index in [4.69, 9.17) is 0 Å². The maximum Gasteiger partial charge on any atom is 0.307 e. The number of hydrogen-bond acceptors (Lipinski definition) is 4. The van der Waals surface area contributed by atoms with Crippen LogP contribution in [0.15, 0.2) is 63.7 Å². The average Bonchev–Trinajstić information content (AvgIpc) is 2.82. The minimum atomic E-state index is 0. The summed E-state index contributed by atoms with van der Waals surface area (Å²) >= 11 is 1.19. The number of fused-ring (bicyclic) bond motifs is 1. The maximum atomic E-state index is 4.49. The second-order valence-electron chi connectivity index (χ2n) is 5.20. The summed E-state index contributed by atoms with van der Waals surface area (Å²) in [5.74, 6) is 0. The van der Waals surface area contributed by atoms with Gasteiger partial charge in [0.1, 0.15) is 0 Å². The van der Waals surface area contributed by atoms with Gasteiger partial charge in [0, 0.05) is 26.8 Å². The molecule has 1 unspecified atom stereocenters. The zero-order valence-electron chi connectivity index (χ0n) is 12.8. The zero-order valence-corrected chi connectivity index (χ0v) is 14.5. The Morgan fingerprint density at radius 2 is 1.73 bits per heavy atom. The first-order chi connectivity index (χ1) is 10.1. The second kappa shape index (κ2) is 7.03. The Hall–Kier alpha value is -1.72. The number of thiol groups is 1. The smallest absolute Gasteiger partial charge is 0.307 e. The van der Waals surface area contributed by atoms with Crippen molar-refractivity contribution >= 4 is 28.8 Å². The molecule has 0 bridgehead atoms. The fraction of sp³-hybridized carbons (Fsp3) is 0.250. The first-order valence-electron chi connectivity index (χ1n) is 6.86. The molecule has 0 radical (unpaired) electrons. The van der Waals surface area contributed by atoms with Crippen molar-refractivity contribution in [1.29, 1.82) is 0 Å². The summed E-state index contributed by atoms with van der Waals surface area (Å²) in [4.78, 5) is 5.56. The molecule has 2 aromatic rings. The molecule has 1 heterocycles. The Morgan fingerprint density at radius 3 is 2.36 bits per heavy atom. The van der Waals surface area contributed by atoms with Gasteiger partial charge >= 0.3 is 5.50 Å². The van der Waals surface area contributed by atoms with Crippen molar-refractivity contribution in [3.63, 3.8) is 0 Å². The lowest BCUT2D eigenvalue weighted by Gasteiger charge is -2.12. The third-order valence-electron chi connectivity index (χ3n) is 3.51. The molecule has 0 N–H and O–H groups in total. The highest BCUT2D eigenvalue weighted by Gasteiger charge is 2.34. The van der Waals surface area contributed by atoms with Gasteiger partial charge in [-0.05, 0) is 36.4 Å². The van der Waals surface area contributed by atoms with Crippen LogP contribution >= 0.6 is 0 Å². The van der Waals surface area contributed by atoms with Gasteiger partial charge in [0.15, 0.2) is 4.90 Å². The quantitative estimate of drug-likeness (QED) is 0.463. The zero-order chi connectivity index (χ0) is 14.8. The Bertz CT molecular complexity index is 657. The molecule has 0 amide bonds. The molecule has 1 aliphatic rings. The molecule has 6 heteroatoms. The molecule has 116 valence electrons. The third-order valence-corrected chi connectivity index (χ3v) is 4.84. The number of anilines is 2. The van der Waals surface area contributed by atoms with Gasteiger partial charge in [-0.2, -0.15) is 0 Å². The van der Waals surface area contributed by atoms with Crippen LogP contribution in [-0.2, 0) is 11.8 Å². The molecule has 0 fully saturated rings. The van der Waals surface area contributed by atoms with Gasteiger partial charge < -0.3 is 22.2 Å². The fourth-order valence-electron chi connectivity index (χ4n) is 2.25. The highest BCUT2D eigenvalue weighted by molar-refractivity contribution is 7.80. The van der Waals surface area contributed by atoms with Crippen molar-refractivity contribution in [3.05, 3.63) is 48.5 Å². The van der Waals surface area contributed by atoms with Crippen LogP contribution in [0.2, 0.25) is 0 Å². The summed E-state index contributed by atoms with van der Waals surface area (Å²) in [6.07, 6.45) is 0. The second-order valence-corrected chi connectivity index (χ2v) is 6.40. The molecule has 4 nitrogen and oxygen atoms in total. The number of para-hydroxylation sites is 1. The SMILES string of the molecule is CN(C)c1ccc(N=NC2[SH+]c3ccccc3N2C)cc1.[Cl-]. The highest BCUT2D eigenvalue weighted by atomic mass is 35.5. The number of nitrogens with zero attached hydrogens (tertiary/aromatic N) is 4. The highest BCUT2D eigenvalue weighted by Crippen LogP contribution is 2.33.